The van der Waals surface area contributed by atoms with Gasteiger partial charge in [-0.25, -0.2) is 27.6 Å². The minimum Gasteiger partial charge on any atom is -0.478 e. The van der Waals surface area contributed by atoms with Gasteiger partial charge in [0.1, 0.15) is 0 Å². The Hall–Kier alpha value is -3.44. The fourth-order valence-corrected chi connectivity index (χ4v) is 4.24. The molecule has 12 heteroatoms. The van der Waals surface area contributed by atoms with Gasteiger partial charge in [0.05, 0.1) is 37.1 Å². The lowest BCUT2D eigenvalue weighted by atomic mass is 10.1. The minimum absolute atomic E-state index is 0.586. The van der Waals surface area contributed by atoms with Crippen molar-refractivity contribution in [3.63, 3.8) is 0 Å². The second-order valence-electron chi connectivity index (χ2n) is 5.23. The second-order valence-corrected chi connectivity index (χ2v) is 7.53. The molecule has 146 valence electrons. The highest BCUT2D eigenvalue weighted by Crippen LogP contribution is 2.33. The van der Waals surface area contributed by atoms with Crippen LogP contribution in [0.15, 0.2) is 40.1 Å². The molecule has 0 unspecified atom stereocenters. The van der Waals surface area contributed by atoms with Gasteiger partial charge in [0.15, 0.2) is 0 Å². The smallest absolute Gasteiger partial charge is 0.338 e. The first-order valence-electron chi connectivity index (χ1n) is 7.04. The minimum atomic E-state index is -4.61. The summed E-state index contributed by atoms with van der Waals surface area (Å²) < 4.78 is 25.6. The molecule has 0 heterocycles. The monoisotopic (exact) mass is 428 g/mol. The fourth-order valence-electron chi connectivity index (χ4n) is 2.33. The average molecular weight is 429 g/mol. The van der Waals surface area contributed by atoms with Gasteiger partial charge in [-0.15, -0.1) is 0 Å². The summed E-state index contributed by atoms with van der Waals surface area (Å²) in [4.78, 5) is 43.3. The average Bonchev–Trinajstić information content (AvgIpc) is 2.59. The van der Waals surface area contributed by atoms with Gasteiger partial charge in [-0.1, -0.05) is 11.6 Å². The van der Waals surface area contributed by atoms with Crippen molar-refractivity contribution in [2.24, 2.45) is 0 Å². The summed E-state index contributed by atoms with van der Waals surface area (Å²) in [6.45, 7) is 0. The van der Waals surface area contributed by atoms with Gasteiger partial charge in [0.25, 0.3) is 0 Å². The first kappa shape index (κ1) is 20.9. The molecule has 2 rings (SSSR count). The highest BCUT2D eigenvalue weighted by atomic mass is 35.5. The number of carbonyl (C=O) groups is 4. The van der Waals surface area contributed by atoms with E-state index in [4.69, 9.17) is 26.9 Å². The molecule has 2 aromatic rings. The zero-order valence-electron chi connectivity index (χ0n) is 13.4. The van der Waals surface area contributed by atoms with Gasteiger partial charge in [-0.05, 0) is 30.3 Å². The van der Waals surface area contributed by atoms with Crippen molar-refractivity contribution in [3.05, 3.63) is 57.6 Å². The molecule has 0 radical (unpaired) electrons. The van der Waals surface area contributed by atoms with Gasteiger partial charge in [-0.3, -0.25) is 0 Å². The first-order valence-corrected chi connectivity index (χ1v) is 8.90. The topological polar surface area (TPSA) is 183 Å². The zero-order chi connectivity index (χ0) is 21.4. The van der Waals surface area contributed by atoms with E-state index in [0.29, 0.717) is 6.07 Å². The summed E-state index contributed by atoms with van der Waals surface area (Å²) in [6, 6.07) is 3.65. The molecule has 0 bridgehead atoms. The largest absolute Gasteiger partial charge is 0.478 e. The molecule has 0 saturated carbocycles. The standard InChI is InChI=1S/C16H9ClO10S/c17-12-10(4-3-8(14(20)21)11(12)16(24)25)28(26,27)6-1-2-7(13(18)19)9(5-6)15(22)23/h1-5H,(H,18,19)(H,20,21)(H,22,23)(H,24,25). The van der Waals surface area contributed by atoms with Crippen molar-refractivity contribution >= 4 is 45.3 Å². The Bertz CT molecular complexity index is 1150. The number of sulfone groups is 1. The van der Waals surface area contributed by atoms with Crippen molar-refractivity contribution in [1.82, 2.24) is 0 Å². The maximum Gasteiger partial charge on any atom is 0.338 e. The summed E-state index contributed by atoms with van der Waals surface area (Å²) in [5.41, 5.74) is -3.19. The third-order valence-electron chi connectivity index (χ3n) is 3.60. The Labute approximate surface area is 161 Å². The Morgan fingerprint density at radius 2 is 1.21 bits per heavy atom. The molecular weight excluding hydrogens is 420 g/mol. The summed E-state index contributed by atoms with van der Waals surface area (Å²) in [5, 5.41) is 35.5. The maximum atomic E-state index is 12.8. The maximum absolute atomic E-state index is 12.8. The number of aromatic carboxylic acids is 4. The number of hydrogen-bond donors (Lipinski definition) is 4. The molecule has 0 saturated heterocycles. The van der Waals surface area contributed by atoms with E-state index in [1.165, 1.54) is 0 Å². The van der Waals surface area contributed by atoms with Crippen molar-refractivity contribution in [2.45, 2.75) is 9.79 Å². The van der Waals surface area contributed by atoms with Gasteiger partial charge in [-0.2, -0.15) is 0 Å². The predicted molar refractivity (Wildman–Crippen MR) is 91.2 cm³/mol. The summed E-state index contributed by atoms with van der Waals surface area (Å²) in [7, 11) is -4.61. The normalized spacial score (nSPS) is 11.0. The highest BCUT2D eigenvalue weighted by molar-refractivity contribution is 7.91. The van der Waals surface area contributed by atoms with Crippen LogP contribution in [0.25, 0.3) is 0 Å². The lowest BCUT2D eigenvalue weighted by Crippen LogP contribution is -2.14. The molecule has 0 spiro atoms. The second kappa shape index (κ2) is 7.29. The molecule has 0 aliphatic heterocycles. The van der Waals surface area contributed by atoms with Crippen molar-refractivity contribution < 1.29 is 48.0 Å². The van der Waals surface area contributed by atoms with Crippen molar-refractivity contribution in [2.75, 3.05) is 0 Å². The molecule has 0 amide bonds. The molecule has 28 heavy (non-hydrogen) atoms. The van der Waals surface area contributed by atoms with Crippen LogP contribution < -0.4 is 0 Å². The van der Waals surface area contributed by atoms with E-state index >= 15 is 0 Å². The Morgan fingerprint density at radius 1 is 0.714 bits per heavy atom. The Kier molecular flexibility index (Phi) is 5.43. The number of hydrogen-bond acceptors (Lipinski definition) is 6. The molecule has 0 aromatic heterocycles. The van der Waals surface area contributed by atoms with E-state index in [1.807, 2.05) is 0 Å². The highest BCUT2D eigenvalue weighted by Gasteiger charge is 2.30. The SMILES string of the molecule is O=C(O)c1ccc(S(=O)(=O)c2ccc(C(=O)O)c(C(=O)O)c2Cl)cc1C(=O)O. The zero-order valence-corrected chi connectivity index (χ0v) is 15.0. The van der Waals surface area contributed by atoms with Gasteiger partial charge < -0.3 is 20.4 Å². The van der Waals surface area contributed by atoms with Crippen LogP contribution in [0.2, 0.25) is 5.02 Å². The fraction of sp³-hybridized carbons (Fsp3) is 0. The van der Waals surface area contributed by atoms with E-state index in [9.17, 15) is 32.7 Å². The quantitative estimate of drug-likeness (QED) is 0.530. The molecule has 10 nitrogen and oxygen atoms in total. The number of benzene rings is 2. The predicted octanol–water partition coefficient (Wildman–Crippen LogP) is 1.97. The van der Waals surface area contributed by atoms with Crippen LogP contribution in [-0.4, -0.2) is 52.7 Å². The number of halogens is 1. The lowest BCUT2D eigenvalue weighted by molar-refractivity contribution is 0.0651. The van der Waals surface area contributed by atoms with E-state index in [-0.39, 0.29) is 0 Å². The van der Waals surface area contributed by atoms with Crippen molar-refractivity contribution in [1.29, 1.82) is 0 Å². The van der Waals surface area contributed by atoms with Gasteiger partial charge >= 0.3 is 23.9 Å². The van der Waals surface area contributed by atoms with E-state index in [2.05, 4.69) is 0 Å². The molecule has 0 aliphatic carbocycles. The third-order valence-corrected chi connectivity index (χ3v) is 5.90. The van der Waals surface area contributed by atoms with Crippen LogP contribution in [0.4, 0.5) is 0 Å². The van der Waals surface area contributed by atoms with Crippen LogP contribution in [0, 0.1) is 0 Å². The van der Waals surface area contributed by atoms with E-state index in [0.717, 1.165) is 24.3 Å². The third kappa shape index (κ3) is 3.52. The van der Waals surface area contributed by atoms with Crippen LogP contribution in [0.3, 0.4) is 0 Å². The summed E-state index contributed by atoms with van der Waals surface area (Å²) in [5.74, 6) is -6.74. The number of carboxylic acids is 4. The molecule has 2 aromatic carbocycles. The Morgan fingerprint density at radius 3 is 1.68 bits per heavy atom. The summed E-state index contributed by atoms with van der Waals surface area (Å²) in [6.07, 6.45) is 0. The van der Waals surface area contributed by atoms with Crippen LogP contribution in [0.1, 0.15) is 41.4 Å². The molecule has 0 atom stereocenters. The Balaban J connectivity index is 2.79. The number of carboxylic acid groups (broad SMARTS) is 4. The van der Waals surface area contributed by atoms with E-state index < -0.39 is 70.8 Å². The number of rotatable bonds is 6. The molecular formula is C16H9ClO10S. The lowest BCUT2D eigenvalue weighted by Gasteiger charge is -2.12. The van der Waals surface area contributed by atoms with Gasteiger partial charge in [0.2, 0.25) is 9.84 Å². The van der Waals surface area contributed by atoms with Crippen LogP contribution in [0.5, 0.6) is 0 Å². The van der Waals surface area contributed by atoms with Crippen molar-refractivity contribution in [3.8, 4) is 0 Å². The van der Waals surface area contributed by atoms with Crippen LogP contribution in [-0.2, 0) is 9.84 Å². The first-order chi connectivity index (χ1) is 12.9. The molecule has 0 fully saturated rings. The molecule has 0 aliphatic rings. The molecule has 4 N–H and O–H groups in total. The summed E-state index contributed by atoms with van der Waals surface area (Å²) >= 11 is 5.84. The van der Waals surface area contributed by atoms with Gasteiger partial charge in [0, 0.05) is 0 Å². The van der Waals surface area contributed by atoms with E-state index in [1.54, 1.807) is 0 Å². The van der Waals surface area contributed by atoms with Crippen LogP contribution >= 0.6 is 11.6 Å².